The molecule has 1 aliphatic heterocycles. The van der Waals surface area contributed by atoms with Crippen molar-refractivity contribution in [2.45, 2.75) is 50.0 Å². The smallest absolute Gasteiger partial charge is 0.213 e. The molecular formula is C22H28N2O4. The Bertz CT molecular complexity index is 800. The first-order valence-electron chi connectivity index (χ1n) is 9.86. The molecule has 28 heavy (non-hydrogen) atoms. The summed E-state index contributed by atoms with van der Waals surface area (Å²) >= 11 is 0. The van der Waals surface area contributed by atoms with Crippen LogP contribution in [0.25, 0.3) is 0 Å². The van der Waals surface area contributed by atoms with Gasteiger partial charge in [-0.3, -0.25) is 4.90 Å². The van der Waals surface area contributed by atoms with E-state index in [1.807, 2.05) is 37.4 Å². The Morgan fingerprint density at radius 2 is 2.11 bits per heavy atom. The molecule has 1 aromatic carbocycles. The van der Waals surface area contributed by atoms with Crippen molar-refractivity contribution in [1.29, 1.82) is 0 Å². The van der Waals surface area contributed by atoms with Crippen molar-refractivity contribution in [3.8, 4) is 17.4 Å². The van der Waals surface area contributed by atoms with Crippen LogP contribution in [0.15, 0.2) is 42.6 Å². The van der Waals surface area contributed by atoms with Gasteiger partial charge in [0.05, 0.1) is 12.7 Å². The number of methoxy groups -OCH3 is 2. The van der Waals surface area contributed by atoms with Crippen LogP contribution in [0, 0.1) is 0 Å². The molecule has 2 aromatic rings. The Hall–Kier alpha value is -2.31. The summed E-state index contributed by atoms with van der Waals surface area (Å²) in [6.07, 6.45) is 5.77. The molecule has 0 amide bonds. The van der Waals surface area contributed by atoms with E-state index in [0.29, 0.717) is 11.6 Å². The lowest BCUT2D eigenvalue weighted by Crippen LogP contribution is -2.52. The lowest BCUT2D eigenvalue weighted by molar-refractivity contribution is -0.0843. The summed E-state index contributed by atoms with van der Waals surface area (Å²) in [7, 11) is 3.39. The summed E-state index contributed by atoms with van der Waals surface area (Å²) in [6, 6.07) is 11.6. The summed E-state index contributed by atoms with van der Waals surface area (Å²) < 4.78 is 17.4. The Morgan fingerprint density at radius 3 is 2.82 bits per heavy atom. The number of hydrogen-bond acceptors (Lipinski definition) is 6. The van der Waals surface area contributed by atoms with Gasteiger partial charge in [0.2, 0.25) is 5.88 Å². The van der Waals surface area contributed by atoms with Crippen LogP contribution in [0.5, 0.6) is 17.4 Å². The van der Waals surface area contributed by atoms with Crippen molar-refractivity contribution in [3.05, 3.63) is 48.2 Å². The van der Waals surface area contributed by atoms with Crippen molar-refractivity contribution in [2.24, 2.45) is 0 Å². The van der Waals surface area contributed by atoms with Crippen LogP contribution in [-0.4, -0.2) is 53.5 Å². The van der Waals surface area contributed by atoms with Gasteiger partial charge in [0.1, 0.15) is 6.10 Å². The number of phenols is 1. The van der Waals surface area contributed by atoms with Crippen molar-refractivity contribution >= 4 is 0 Å². The first kappa shape index (κ1) is 19.0. The van der Waals surface area contributed by atoms with Gasteiger partial charge in [0.25, 0.3) is 0 Å². The quantitative estimate of drug-likeness (QED) is 0.824. The Morgan fingerprint density at radius 1 is 1.21 bits per heavy atom. The number of pyridine rings is 1. The fourth-order valence-corrected chi connectivity index (χ4v) is 4.71. The molecule has 1 N–H and O–H groups in total. The van der Waals surface area contributed by atoms with E-state index in [2.05, 4.69) is 9.88 Å². The van der Waals surface area contributed by atoms with Crippen LogP contribution in [0.3, 0.4) is 0 Å². The molecule has 2 heterocycles. The van der Waals surface area contributed by atoms with E-state index in [1.54, 1.807) is 19.4 Å². The topological polar surface area (TPSA) is 64.1 Å². The molecule has 6 nitrogen and oxygen atoms in total. The zero-order chi connectivity index (χ0) is 19.6. The number of rotatable bonds is 6. The number of phenolic OH excluding ortho intramolecular Hbond substituents is 1. The summed E-state index contributed by atoms with van der Waals surface area (Å²) in [6.45, 7) is 1.74. The van der Waals surface area contributed by atoms with Crippen molar-refractivity contribution < 1.29 is 19.3 Å². The number of likely N-dealkylation sites (tertiary alicyclic amines) is 1. The molecule has 1 saturated heterocycles. The van der Waals surface area contributed by atoms with Crippen LogP contribution in [-0.2, 0) is 11.3 Å². The third-order valence-electron chi connectivity index (χ3n) is 6.21. The average molecular weight is 384 g/mol. The summed E-state index contributed by atoms with van der Waals surface area (Å²) in [4.78, 5) is 6.76. The number of benzene rings is 1. The highest BCUT2D eigenvalue weighted by Gasteiger charge is 2.51. The third-order valence-corrected chi connectivity index (χ3v) is 6.21. The number of nitrogens with zero attached hydrogens (tertiary/aromatic N) is 2. The monoisotopic (exact) mass is 384 g/mol. The molecule has 2 fully saturated rings. The van der Waals surface area contributed by atoms with Gasteiger partial charge in [-0.25, -0.2) is 4.98 Å². The maximum atomic E-state index is 10.1. The molecule has 150 valence electrons. The highest BCUT2D eigenvalue weighted by molar-refractivity contribution is 5.41. The summed E-state index contributed by atoms with van der Waals surface area (Å²) in [5.41, 5.74) is 0.955. The van der Waals surface area contributed by atoms with Crippen LogP contribution in [0.2, 0.25) is 0 Å². The Labute approximate surface area is 166 Å². The second kappa shape index (κ2) is 7.97. The van der Waals surface area contributed by atoms with Gasteiger partial charge >= 0.3 is 0 Å². The van der Waals surface area contributed by atoms with E-state index >= 15 is 0 Å². The summed E-state index contributed by atoms with van der Waals surface area (Å²) in [5, 5.41) is 10.1. The van der Waals surface area contributed by atoms with Gasteiger partial charge < -0.3 is 19.3 Å². The highest BCUT2D eigenvalue weighted by atomic mass is 16.5. The maximum absolute atomic E-state index is 10.1. The molecule has 1 saturated carbocycles. The van der Waals surface area contributed by atoms with Gasteiger partial charge in [0, 0.05) is 44.9 Å². The molecule has 4 rings (SSSR count). The van der Waals surface area contributed by atoms with Crippen molar-refractivity contribution in [2.75, 3.05) is 20.8 Å². The van der Waals surface area contributed by atoms with E-state index in [0.717, 1.165) is 44.3 Å². The number of aromatic hydroxyl groups is 1. The summed E-state index contributed by atoms with van der Waals surface area (Å²) in [5.74, 6) is 1.36. The van der Waals surface area contributed by atoms with Crippen LogP contribution in [0.1, 0.15) is 31.2 Å². The SMILES string of the molecule is COc1ccc(CN2CC[C@]3(OC)CC[C@H](Oc4ccccn4)C[C@H]23)cc1O. The maximum Gasteiger partial charge on any atom is 0.213 e. The number of ether oxygens (including phenoxy) is 3. The highest BCUT2D eigenvalue weighted by Crippen LogP contribution is 2.44. The van der Waals surface area contributed by atoms with Gasteiger partial charge in [-0.05, 0) is 43.0 Å². The Kier molecular flexibility index (Phi) is 5.42. The lowest BCUT2D eigenvalue weighted by atomic mass is 9.79. The van der Waals surface area contributed by atoms with E-state index in [1.165, 1.54) is 0 Å². The van der Waals surface area contributed by atoms with Gasteiger partial charge in [0.15, 0.2) is 11.5 Å². The largest absolute Gasteiger partial charge is 0.504 e. The number of hydrogen-bond donors (Lipinski definition) is 1. The molecular weight excluding hydrogens is 356 g/mol. The molecule has 1 aliphatic carbocycles. The first-order valence-corrected chi connectivity index (χ1v) is 9.86. The second-order valence-electron chi connectivity index (χ2n) is 7.69. The van der Waals surface area contributed by atoms with Gasteiger partial charge in [-0.15, -0.1) is 0 Å². The van der Waals surface area contributed by atoms with E-state index in [4.69, 9.17) is 14.2 Å². The van der Waals surface area contributed by atoms with Crippen LogP contribution < -0.4 is 9.47 Å². The molecule has 2 aliphatic rings. The van der Waals surface area contributed by atoms with E-state index < -0.39 is 0 Å². The van der Waals surface area contributed by atoms with Crippen LogP contribution in [0.4, 0.5) is 0 Å². The minimum atomic E-state index is -0.113. The molecule has 0 radical (unpaired) electrons. The van der Waals surface area contributed by atoms with E-state index in [-0.39, 0.29) is 23.5 Å². The molecule has 0 bridgehead atoms. The fourth-order valence-electron chi connectivity index (χ4n) is 4.71. The van der Waals surface area contributed by atoms with E-state index in [9.17, 15) is 5.11 Å². The normalized spacial score (nSPS) is 27.4. The molecule has 0 spiro atoms. The van der Waals surface area contributed by atoms with Gasteiger partial charge in [-0.1, -0.05) is 12.1 Å². The minimum absolute atomic E-state index is 0.113. The third kappa shape index (κ3) is 3.66. The van der Waals surface area contributed by atoms with Crippen molar-refractivity contribution in [1.82, 2.24) is 9.88 Å². The molecule has 0 unspecified atom stereocenters. The number of aromatic nitrogens is 1. The molecule has 3 atom stereocenters. The lowest BCUT2D eigenvalue weighted by Gasteiger charge is -2.43. The Balaban J connectivity index is 1.48. The average Bonchev–Trinajstić information content (AvgIpc) is 3.07. The second-order valence-corrected chi connectivity index (χ2v) is 7.69. The van der Waals surface area contributed by atoms with Gasteiger partial charge in [-0.2, -0.15) is 0 Å². The van der Waals surface area contributed by atoms with Crippen LogP contribution >= 0.6 is 0 Å². The number of fused-ring (bicyclic) bond motifs is 1. The predicted molar refractivity (Wildman–Crippen MR) is 106 cm³/mol. The zero-order valence-corrected chi connectivity index (χ0v) is 16.5. The predicted octanol–water partition coefficient (Wildman–Crippen LogP) is 3.39. The molecule has 1 aromatic heterocycles. The standard InChI is InChI=1S/C22H28N2O4/c1-26-19-7-6-16(13-18(19)25)15-24-12-10-22(27-2)9-8-17(14-20(22)24)28-21-5-3-4-11-23-21/h3-7,11,13,17,20,25H,8-10,12,14-15H2,1-2H3/t17-,20-,22+/m0/s1. The fraction of sp³-hybridized carbons (Fsp3) is 0.500. The minimum Gasteiger partial charge on any atom is -0.504 e. The van der Waals surface area contributed by atoms with Crippen molar-refractivity contribution in [3.63, 3.8) is 0 Å². The molecule has 6 heteroatoms. The first-order chi connectivity index (χ1) is 13.6. The zero-order valence-electron chi connectivity index (χ0n) is 16.5.